The van der Waals surface area contributed by atoms with Crippen LogP contribution >= 0.6 is 0 Å². The molecule has 0 spiro atoms. The van der Waals surface area contributed by atoms with E-state index in [0.717, 1.165) is 41.8 Å². The zero-order valence-corrected chi connectivity index (χ0v) is 18.5. The number of hydrogen-bond donors (Lipinski definition) is 1. The molecule has 3 rings (SSSR count). The maximum Gasteiger partial charge on any atom is 0.146 e. The summed E-state index contributed by atoms with van der Waals surface area (Å²) in [4.78, 5) is 0. The average molecular weight is 416 g/mol. The number of rotatable bonds is 9. The molecule has 0 aromatic heterocycles. The molecular formula is C28H30FNO. The lowest BCUT2D eigenvalue weighted by Gasteiger charge is -2.25. The molecule has 0 aliphatic rings. The smallest absolute Gasteiger partial charge is 0.146 e. The predicted molar refractivity (Wildman–Crippen MR) is 127 cm³/mol. The molecule has 0 fully saturated rings. The Morgan fingerprint density at radius 2 is 1.74 bits per heavy atom. The van der Waals surface area contributed by atoms with Crippen LogP contribution < -0.4 is 10.1 Å². The fraction of sp³-hybridized carbons (Fsp3) is 0.286. The number of hydrogen-bond acceptors (Lipinski definition) is 2. The third-order valence-corrected chi connectivity index (χ3v) is 5.41. The first kappa shape index (κ1) is 22.4. The van der Waals surface area contributed by atoms with Gasteiger partial charge in [0.2, 0.25) is 0 Å². The molecule has 0 aliphatic carbocycles. The maximum absolute atomic E-state index is 14.3. The molecular weight excluding hydrogens is 385 g/mol. The first-order valence-electron chi connectivity index (χ1n) is 10.7. The van der Waals surface area contributed by atoms with Crippen molar-refractivity contribution in [3.63, 3.8) is 0 Å². The van der Waals surface area contributed by atoms with Gasteiger partial charge in [-0.05, 0) is 87.6 Å². The number of terminal acetylenes is 1. The SMILES string of the molecule is C#CC(C)(CCCc1ccc(F)c(Nc2ccccc2)c1)c1ccc(OC(C)C)cc1. The summed E-state index contributed by atoms with van der Waals surface area (Å²) in [6.07, 6.45) is 8.64. The Morgan fingerprint density at radius 3 is 2.39 bits per heavy atom. The van der Waals surface area contributed by atoms with Gasteiger partial charge in [-0.25, -0.2) is 4.39 Å². The van der Waals surface area contributed by atoms with Gasteiger partial charge in [0.05, 0.1) is 17.2 Å². The van der Waals surface area contributed by atoms with Gasteiger partial charge in [-0.2, -0.15) is 0 Å². The lowest BCUT2D eigenvalue weighted by molar-refractivity contribution is 0.242. The van der Waals surface area contributed by atoms with Gasteiger partial charge in [0.15, 0.2) is 0 Å². The summed E-state index contributed by atoms with van der Waals surface area (Å²) in [5.74, 6) is 3.57. The van der Waals surface area contributed by atoms with E-state index in [-0.39, 0.29) is 17.3 Å². The van der Waals surface area contributed by atoms with E-state index in [4.69, 9.17) is 11.2 Å². The van der Waals surface area contributed by atoms with Crippen molar-refractivity contribution in [2.45, 2.75) is 51.6 Å². The van der Waals surface area contributed by atoms with Crippen LogP contribution in [0, 0.1) is 18.2 Å². The third kappa shape index (κ3) is 6.12. The lowest BCUT2D eigenvalue weighted by Crippen LogP contribution is -2.19. The van der Waals surface area contributed by atoms with Crippen LogP contribution in [0.3, 0.4) is 0 Å². The van der Waals surface area contributed by atoms with Gasteiger partial charge in [-0.15, -0.1) is 6.42 Å². The summed E-state index contributed by atoms with van der Waals surface area (Å²) in [5.41, 5.74) is 3.19. The molecule has 0 radical (unpaired) electrons. The number of ether oxygens (including phenoxy) is 1. The Bertz CT molecular complexity index is 1020. The van der Waals surface area contributed by atoms with E-state index in [9.17, 15) is 4.39 Å². The first-order chi connectivity index (χ1) is 14.9. The molecule has 0 aliphatic heterocycles. The third-order valence-electron chi connectivity index (χ3n) is 5.41. The second kappa shape index (κ2) is 10.2. The van der Waals surface area contributed by atoms with Crippen molar-refractivity contribution >= 4 is 11.4 Å². The van der Waals surface area contributed by atoms with Crippen LogP contribution in [0.5, 0.6) is 5.75 Å². The Hall–Kier alpha value is -3.25. The molecule has 1 unspecified atom stereocenters. The van der Waals surface area contributed by atoms with Crippen LogP contribution in [0.2, 0.25) is 0 Å². The molecule has 0 bridgehead atoms. The summed E-state index contributed by atoms with van der Waals surface area (Å²) >= 11 is 0. The molecule has 0 heterocycles. The van der Waals surface area contributed by atoms with Crippen LogP contribution in [-0.2, 0) is 11.8 Å². The maximum atomic E-state index is 14.3. The molecule has 3 aromatic rings. The quantitative estimate of drug-likeness (QED) is 0.371. The lowest BCUT2D eigenvalue weighted by atomic mass is 9.78. The highest BCUT2D eigenvalue weighted by Gasteiger charge is 2.23. The predicted octanol–water partition coefficient (Wildman–Crippen LogP) is 7.27. The fourth-order valence-corrected chi connectivity index (χ4v) is 3.62. The van der Waals surface area contributed by atoms with E-state index in [0.29, 0.717) is 5.69 Å². The largest absolute Gasteiger partial charge is 0.491 e. The van der Waals surface area contributed by atoms with Gasteiger partial charge in [0, 0.05) is 5.69 Å². The number of aryl methyl sites for hydroxylation is 1. The van der Waals surface area contributed by atoms with Gasteiger partial charge in [0.1, 0.15) is 11.6 Å². The summed E-state index contributed by atoms with van der Waals surface area (Å²) in [7, 11) is 0. The first-order valence-corrected chi connectivity index (χ1v) is 10.7. The Balaban J connectivity index is 1.64. The van der Waals surface area contributed by atoms with E-state index in [1.807, 2.05) is 68.4 Å². The van der Waals surface area contributed by atoms with Gasteiger partial charge in [-0.3, -0.25) is 0 Å². The average Bonchev–Trinajstić information content (AvgIpc) is 2.76. The summed E-state index contributed by atoms with van der Waals surface area (Å²) in [6.45, 7) is 6.11. The fourth-order valence-electron chi connectivity index (χ4n) is 3.62. The van der Waals surface area contributed by atoms with E-state index >= 15 is 0 Å². The molecule has 3 aromatic carbocycles. The molecule has 0 saturated heterocycles. The van der Waals surface area contributed by atoms with Crippen molar-refractivity contribution in [1.29, 1.82) is 0 Å². The molecule has 2 nitrogen and oxygen atoms in total. The van der Waals surface area contributed by atoms with Crippen molar-refractivity contribution in [2.75, 3.05) is 5.32 Å². The Morgan fingerprint density at radius 1 is 1.03 bits per heavy atom. The molecule has 3 heteroatoms. The summed E-state index contributed by atoms with van der Waals surface area (Å²) in [5, 5.41) is 3.16. The van der Waals surface area contributed by atoms with E-state index in [1.165, 1.54) is 6.07 Å². The van der Waals surface area contributed by atoms with Crippen molar-refractivity contribution in [1.82, 2.24) is 0 Å². The summed E-state index contributed by atoms with van der Waals surface area (Å²) in [6, 6.07) is 22.9. The zero-order chi connectivity index (χ0) is 22.3. The number of para-hydroxylation sites is 1. The minimum Gasteiger partial charge on any atom is -0.491 e. The monoisotopic (exact) mass is 415 g/mol. The normalized spacial score (nSPS) is 12.8. The van der Waals surface area contributed by atoms with Crippen LogP contribution in [-0.4, -0.2) is 6.10 Å². The molecule has 0 saturated carbocycles. The van der Waals surface area contributed by atoms with E-state index in [1.54, 1.807) is 0 Å². The van der Waals surface area contributed by atoms with E-state index < -0.39 is 0 Å². The van der Waals surface area contributed by atoms with Gasteiger partial charge < -0.3 is 10.1 Å². The molecule has 1 atom stereocenters. The van der Waals surface area contributed by atoms with Gasteiger partial charge >= 0.3 is 0 Å². The summed E-state index contributed by atoms with van der Waals surface area (Å²) < 4.78 is 20.0. The standard InChI is InChI=1S/C28H30FNO/c1-5-28(4,23-14-16-25(17-15-23)31-21(2)3)19-9-10-22-13-18-26(29)27(20-22)30-24-11-7-6-8-12-24/h1,6-8,11-18,20-21,30H,9-10,19H2,2-4H3. The minimum atomic E-state index is -0.360. The van der Waals surface area contributed by atoms with Crippen LogP contribution in [0.15, 0.2) is 72.8 Å². The van der Waals surface area contributed by atoms with Crippen molar-refractivity contribution in [3.8, 4) is 18.1 Å². The number of anilines is 2. The minimum absolute atomic E-state index is 0.141. The van der Waals surface area contributed by atoms with Gasteiger partial charge in [-0.1, -0.05) is 42.3 Å². The van der Waals surface area contributed by atoms with Crippen LogP contribution in [0.25, 0.3) is 0 Å². The van der Waals surface area contributed by atoms with Crippen molar-refractivity contribution < 1.29 is 9.13 Å². The topological polar surface area (TPSA) is 21.3 Å². The van der Waals surface area contributed by atoms with Crippen molar-refractivity contribution in [2.24, 2.45) is 0 Å². The highest BCUT2D eigenvalue weighted by Crippen LogP contribution is 2.31. The molecule has 1 N–H and O–H groups in total. The number of nitrogens with one attached hydrogen (secondary N) is 1. The van der Waals surface area contributed by atoms with E-state index in [2.05, 4.69) is 30.3 Å². The molecule has 160 valence electrons. The Kier molecular flexibility index (Phi) is 7.36. The second-order valence-electron chi connectivity index (χ2n) is 8.33. The second-order valence-corrected chi connectivity index (χ2v) is 8.33. The van der Waals surface area contributed by atoms with Gasteiger partial charge in [0.25, 0.3) is 0 Å². The highest BCUT2D eigenvalue weighted by molar-refractivity contribution is 5.60. The molecule has 31 heavy (non-hydrogen) atoms. The van der Waals surface area contributed by atoms with Crippen molar-refractivity contribution in [3.05, 3.63) is 89.7 Å². The zero-order valence-electron chi connectivity index (χ0n) is 18.5. The van der Waals surface area contributed by atoms with Crippen LogP contribution in [0.1, 0.15) is 44.7 Å². The number of halogens is 1. The van der Waals surface area contributed by atoms with Crippen LogP contribution in [0.4, 0.5) is 15.8 Å². The molecule has 0 amide bonds. The number of benzene rings is 3. The Labute approximate surface area is 185 Å². The highest BCUT2D eigenvalue weighted by atomic mass is 19.1.